The molecule has 23 heavy (non-hydrogen) atoms. The van der Waals surface area contributed by atoms with Gasteiger partial charge in [0.1, 0.15) is 6.10 Å². The molecule has 1 fully saturated rings. The molecule has 118 valence electrons. The first kappa shape index (κ1) is 14.2. The number of aromatic nitrogens is 3. The number of amides is 1. The molecule has 0 saturated carbocycles. The second kappa shape index (κ2) is 5.64. The van der Waals surface area contributed by atoms with Crippen molar-refractivity contribution in [3.8, 4) is 0 Å². The Hall–Kier alpha value is -2.45. The van der Waals surface area contributed by atoms with E-state index in [9.17, 15) is 4.79 Å². The molecular weight excluding hydrogens is 316 g/mol. The Morgan fingerprint density at radius 1 is 1.35 bits per heavy atom. The first-order valence-corrected chi connectivity index (χ1v) is 7.70. The Balaban J connectivity index is 1.59. The minimum absolute atomic E-state index is 0.193. The van der Waals surface area contributed by atoms with Crippen LogP contribution in [0.5, 0.6) is 0 Å². The van der Waals surface area contributed by atoms with Gasteiger partial charge in [0, 0.05) is 12.3 Å². The van der Waals surface area contributed by atoms with Crippen molar-refractivity contribution in [2.75, 3.05) is 11.9 Å². The predicted molar refractivity (Wildman–Crippen MR) is 85.9 cm³/mol. The number of carbonyl (C=O) groups excluding carboxylic acids is 1. The van der Waals surface area contributed by atoms with Crippen LogP contribution in [0.15, 0.2) is 29.0 Å². The summed E-state index contributed by atoms with van der Waals surface area (Å²) >= 11 is 5.05. The van der Waals surface area contributed by atoms with Crippen molar-refractivity contribution < 1.29 is 13.9 Å². The topological polar surface area (TPSA) is 95.9 Å². The van der Waals surface area contributed by atoms with Crippen molar-refractivity contribution >= 4 is 34.8 Å². The summed E-state index contributed by atoms with van der Waals surface area (Å²) in [5.74, 6) is 0.167. The molecular formula is C15H14N4O3S. The van der Waals surface area contributed by atoms with Gasteiger partial charge in [-0.1, -0.05) is 0 Å². The number of rotatable bonds is 3. The van der Waals surface area contributed by atoms with Crippen LogP contribution < -0.4 is 5.32 Å². The van der Waals surface area contributed by atoms with E-state index in [4.69, 9.17) is 21.4 Å². The van der Waals surface area contributed by atoms with E-state index in [1.165, 1.54) is 6.39 Å². The lowest BCUT2D eigenvalue weighted by Crippen LogP contribution is -2.15. The molecule has 7 nitrogen and oxygen atoms in total. The van der Waals surface area contributed by atoms with E-state index in [-0.39, 0.29) is 17.7 Å². The Labute approximate surface area is 136 Å². The molecule has 1 aliphatic rings. The molecule has 0 aliphatic carbocycles. The van der Waals surface area contributed by atoms with Gasteiger partial charge in [0.25, 0.3) is 5.91 Å². The zero-order valence-corrected chi connectivity index (χ0v) is 12.9. The summed E-state index contributed by atoms with van der Waals surface area (Å²) in [6.07, 6.45) is 2.87. The smallest absolute Gasteiger partial charge is 0.278 e. The number of nitrogens with one attached hydrogen (secondary N) is 3. The Morgan fingerprint density at radius 2 is 2.22 bits per heavy atom. The molecule has 1 aliphatic heterocycles. The molecule has 0 bridgehead atoms. The second-order valence-corrected chi connectivity index (χ2v) is 5.77. The van der Waals surface area contributed by atoms with Crippen LogP contribution in [-0.4, -0.2) is 27.5 Å². The summed E-state index contributed by atoms with van der Waals surface area (Å²) in [6.45, 7) is 0.676. The number of fused-ring (bicyclic) bond motifs is 1. The number of carbonyl (C=O) groups is 1. The summed E-state index contributed by atoms with van der Waals surface area (Å²) in [5.41, 5.74) is 2.62. The summed E-state index contributed by atoms with van der Waals surface area (Å²) in [5, 5.41) is 2.82. The van der Waals surface area contributed by atoms with Gasteiger partial charge in [-0.05, 0) is 43.3 Å². The highest BCUT2D eigenvalue weighted by atomic mass is 32.1. The van der Waals surface area contributed by atoms with E-state index < -0.39 is 0 Å². The first-order valence-electron chi connectivity index (χ1n) is 7.29. The normalized spacial score (nSPS) is 17.7. The van der Waals surface area contributed by atoms with Crippen LogP contribution in [0, 0.1) is 4.77 Å². The van der Waals surface area contributed by atoms with Crippen molar-refractivity contribution in [3.63, 3.8) is 0 Å². The van der Waals surface area contributed by atoms with Gasteiger partial charge in [-0.25, -0.2) is 4.98 Å². The molecule has 0 unspecified atom stereocenters. The van der Waals surface area contributed by atoms with Crippen LogP contribution in [0.2, 0.25) is 0 Å². The molecule has 2 aromatic heterocycles. The maximum atomic E-state index is 12.5. The minimum Gasteiger partial charge on any atom is -0.445 e. The van der Waals surface area contributed by atoms with Gasteiger partial charge in [-0.3, -0.25) is 4.79 Å². The molecule has 3 N–H and O–H groups in total. The highest BCUT2D eigenvalue weighted by molar-refractivity contribution is 7.71. The number of imidazole rings is 1. The van der Waals surface area contributed by atoms with Gasteiger partial charge in [-0.15, -0.1) is 0 Å². The molecule has 0 radical (unpaired) electrons. The van der Waals surface area contributed by atoms with Crippen LogP contribution in [0.3, 0.4) is 0 Å². The fraction of sp³-hybridized carbons (Fsp3) is 0.267. The number of hydrogen-bond donors (Lipinski definition) is 3. The van der Waals surface area contributed by atoms with Gasteiger partial charge >= 0.3 is 0 Å². The number of oxazole rings is 1. The summed E-state index contributed by atoms with van der Waals surface area (Å²) in [6, 6.07) is 5.46. The molecule has 8 heteroatoms. The predicted octanol–water partition coefficient (Wildman–Crippen LogP) is 3.32. The second-order valence-electron chi connectivity index (χ2n) is 5.36. The molecule has 0 spiro atoms. The molecule has 3 heterocycles. The lowest BCUT2D eigenvalue weighted by molar-refractivity contribution is 0.0889. The van der Waals surface area contributed by atoms with Gasteiger partial charge in [0.2, 0.25) is 0 Å². The number of ether oxygens (including phenoxy) is 1. The lowest BCUT2D eigenvalue weighted by atomic mass is 10.1. The molecule has 1 aromatic carbocycles. The standard InChI is InChI=1S/C15H14N4O3S/c20-14(12-13(22-7-16-12)11-2-1-5-21-11)17-8-3-4-9-10(6-8)19-15(23)18-9/h3-4,6-7,11H,1-2,5H2,(H,17,20)(H2,18,19,23)/t11-/m1/s1. The Morgan fingerprint density at radius 3 is 3.04 bits per heavy atom. The van der Waals surface area contributed by atoms with Crippen molar-refractivity contribution in [2.45, 2.75) is 18.9 Å². The monoisotopic (exact) mass is 330 g/mol. The number of anilines is 1. The molecule has 1 atom stereocenters. The van der Waals surface area contributed by atoms with Gasteiger partial charge < -0.3 is 24.4 Å². The minimum atomic E-state index is -0.322. The largest absolute Gasteiger partial charge is 0.445 e. The highest BCUT2D eigenvalue weighted by Crippen LogP contribution is 2.30. The van der Waals surface area contributed by atoms with Crippen molar-refractivity contribution in [1.82, 2.24) is 15.0 Å². The zero-order chi connectivity index (χ0) is 15.8. The SMILES string of the molecule is O=C(Nc1ccc2[nH]c(=S)[nH]c2c1)c1ncoc1[C@H]1CCCO1. The van der Waals surface area contributed by atoms with Crippen LogP contribution in [0.1, 0.15) is 35.2 Å². The van der Waals surface area contributed by atoms with E-state index in [1.54, 1.807) is 6.07 Å². The Kier molecular flexibility index (Phi) is 3.47. The third kappa shape index (κ3) is 2.66. The maximum Gasteiger partial charge on any atom is 0.278 e. The van der Waals surface area contributed by atoms with Gasteiger partial charge in [0.15, 0.2) is 22.6 Å². The quantitative estimate of drug-likeness (QED) is 0.640. The molecule has 4 rings (SSSR count). The van der Waals surface area contributed by atoms with E-state index in [0.717, 1.165) is 23.9 Å². The molecule has 3 aromatic rings. The fourth-order valence-corrected chi connectivity index (χ4v) is 2.96. The Bertz CT molecular complexity index is 920. The summed E-state index contributed by atoms with van der Waals surface area (Å²) in [7, 11) is 0. The van der Waals surface area contributed by atoms with E-state index in [0.29, 0.717) is 22.8 Å². The molecule has 1 amide bonds. The number of benzene rings is 1. The zero-order valence-electron chi connectivity index (χ0n) is 12.1. The average molecular weight is 330 g/mol. The van der Waals surface area contributed by atoms with Crippen LogP contribution in [0.25, 0.3) is 11.0 Å². The third-order valence-electron chi connectivity index (χ3n) is 3.81. The summed E-state index contributed by atoms with van der Waals surface area (Å²) < 4.78 is 11.5. The fourth-order valence-electron chi connectivity index (χ4n) is 2.74. The van der Waals surface area contributed by atoms with Crippen LogP contribution in [0.4, 0.5) is 5.69 Å². The number of aromatic amines is 2. The number of H-pyrrole nitrogens is 2. The third-order valence-corrected chi connectivity index (χ3v) is 4.01. The van der Waals surface area contributed by atoms with Crippen LogP contribution in [-0.2, 0) is 4.74 Å². The van der Waals surface area contributed by atoms with E-state index in [1.807, 2.05) is 12.1 Å². The van der Waals surface area contributed by atoms with Gasteiger partial charge in [-0.2, -0.15) is 0 Å². The van der Waals surface area contributed by atoms with Crippen LogP contribution >= 0.6 is 12.2 Å². The first-order chi connectivity index (χ1) is 11.2. The van der Waals surface area contributed by atoms with Crippen molar-refractivity contribution in [2.24, 2.45) is 0 Å². The van der Waals surface area contributed by atoms with E-state index >= 15 is 0 Å². The average Bonchev–Trinajstić information content (AvgIpc) is 3.25. The van der Waals surface area contributed by atoms with Gasteiger partial charge in [0.05, 0.1) is 11.0 Å². The van der Waals surface area contributed by atoms with E-state index in [2.05, 4.69) is 20.3 Å². The van der Waals surface area contributed by atoms with Crippen molar-refractivity contribution in [3.05, 3.63) is 40.8 Å². The maximum absolute atomic E-state index is 12.5. The number of hydrogen-bond acceptors (Lipinski definition) is 5. The summed E-state index contributed by atoms with van der Waals surface area (Å²) in [4.78, 5) is 22.5. The number of nitrogens with zero attached hydrogens (tertiary/aromatic N) is 1. The lowest BCUT2D eigenvalue weighted by Gasteiger charge is -2.08. The van der Waals surface area contributed by atoms with Crippen molar-refractivity contribution in [1.29, 1.82) is 0 Å². The molecule has 1 saturated heterocycles. The highest BCUT2D eigenvalue weighted by Gasteiger charge is 2.28.